The molecule has 0 bridgehead atoms. The fraction of sp³-hybridized carbons (Fsp3) is 0.200. The van der Waals surface area contributed by atoms with E-state index in [1.165, 1.54) is 24.3 Å². The molecule has 7 heteroatoms. The van der Waals surface area contributed by atoms with Crippen molar-refractivity contribution in [2.75, 3.05) is 0 Å². The van der Waals surface area contributed by atoms with Gasteiger partial charge in [0, 0.05) is 0 Å². The van der Waals surface area contributed by atoms with Gasteiger partial charge >= 0.3 is 12.4 Å². The molecule has 0 N–H and O–H groups in total. The first-order chi connectivity index (χ1) is 10.1. The third-order valence-electron chi connectivity index (χ3n) is 3.09. The van der Waals surface area contributed by atoms with Crippen LogP contribution >= 0.6 is 11.6 Å². The van der Waals surface area contributed by atoms with Crippen molar-refractivity contribution in [3.63, 3.8) is 0 Å². The van der Waals surface area contributed by atoms with Crippen molar-refractivity contribution in [3.8, 4) is 0 Å². The summed E-state index contributed by atoms with van der Waals surface area (Å²) in [5, 5.41) is -0.577. The number of alkyl halides is 6. The molecule has 0 spiro atoms. The van der Waals surface area contributed by atoms with Crippen molar-refractivity contribution >= 4 is 11.6 Å². The zero-order valence-corrected chi connectivity index (χ0v) is 11.7. The summed E-state index contributed by atoms with van der Waals surface area (Å²) in [7, 11) is 0. The fourth-order valence-corrected chi connectivity index (χ4v) is 2.39. The van der Waals surface area contributed by atoms with Gasteiger partial charge in [-0.05, 0) is 29.7 Å². The highest BCUT2D eigenvalue weighted by Gasteiger charge is 2.35. The molecule has 2 aromatic carbocycles. The van der Waals surface area contributed by atoms with Crippen molar-refractivity contribution in [1.29, 1.82) is 0 Å². The molecule has 0 atom stereocenters. The highest BCUT2D eigenvalue weighted by molar-refractivity contribution is 6.32. The highest BCUT2D eigenvalue weighted by Crippen LogP contribution is 2.38. The van der Waals surface area contributed by atoms with Gasteiger partial charge < -0.3 is 0 Å². The Morgan fingerprint density at radius 3 is 1.77 bits per heavy atom. The van der Waals surface area contributed by atoms with E-state index in [0.29, 0.717) is 0 Å². The van der Waals surface area contributed by atoms with Crippen molar-refractivity contribution in [2.45, 2.75) is 18.8 Å². The molecule has 2 rings (SSSR count). The molecule has 0 aliphatic heterocycles. The van der Waals surface area contributed by atoms with E-state index >= 15 is 0 Å². The second-order valence-corrected chi connectivity index (χ2v) is 4.99. The zero-order chi connectivity index (χ0) is 16.5. The van der Waals surface area contributed by atoms with Gasteiger partial charge in [-0.2, -0.15) is 26.3 Å². The predicted octanol–water partition coefficient (Wildman–Crippen LogP) is 5.97. The molecule has 0 aliphatic carbocycles. The van der Waals surface area contributed by atoms with Crippen molar-refractivity contribution < 1.29 is 26.3 Å². The molecular formula is C15H9ClF6. The van der Waals surface area contributed by atoms with E-state index in [9.17, 15) is 26.3 Å². The third kappa shape index (κ3) is 3.55. The molecular weight excluding hydrogens is 330 g/mol. The van der Waals surface area contributed by atoms with Crippen LogP contribution in [-0.2, 0) is 18.8 Å². The maximum atomic E-state index is 12.9. The monoisotopic (exact) mass is 338 g/mol. The number of rotatable bonds is 2. The van der Waals surface area contributed by atoms with E-state index in [1.54, 1.807) is 0 Å². The topological polar surface area (TPSA) is 0 Å². The molecule has 0 amide bonds. The Kier molecular flexibility index (Phi) is 4.42. The van der Waals surface area contributed by atoms with Crippen LogP contribution in [0.2, 0.25) is 5.02 Å². The minimum atomic E-state index is -4.66. The molecule has 0 aromatic heterocycles. The van der Waals surface area contributed by atoms with Gasteiger partial charge in [0.15, 0.2) is 0 Å². The molecule has 118 valence electrons. The lowest BCUT2D eigenvalue weighted by atomic mass is 9.98. The molecule has 0 saturated heterocycles. The van der Waals surface area contributed by atoms with Crippen molar-refractivity contribution in [3.05, 3.63) is 69.7 Å². The first kappa shape index (κ1) is 16.7. The van der Waals surface area contributed by atoms with Crippen LogP contribution in [-0.4, -0.2) is 0 Å². The van der Waals surface area contributed by atoms with Crippen molar-refractivity contribution in [1.82, 2.24) is 0 Å². The Balaban J connectivity index is 2.46. The SMILES string of the molecule is FC(F)(F)c1ccccc1Cc1cccc(C(F)(F)F)c1Cl. The number of hydrogen-bond acceptors (Lipinski definition) is 0. The summed E-state index contributed by atoms with van der Waals surface area (Å²) >= 11 is 5.71. The first-order valence-corrected chi connectivity index (χ1v) is 6.48. The minimum Gasteiger partial charge on any atom is -0.166 e. The van der Waals surface area contributed by atoms with Gasteiger partial charge in [-0.25, -0.2) is 0 Å². The number of hydrogen-bond donors (Lipinski definition) is 0. The summed E-state index contributed by atoms with van der Waals surface area (Å²) < 4.78 is 77.0. The minimum absolute atomic E-state index is 0.00630. The normalized spacial score (nSPS) is 12.5. The maximum absolute atomic E-state index is 12.9. The van der Waals surface area contributed by atoms with E-state index in [0.717, 1.165) is 18.2 Å². The molecule has 0 unspecified atom stereocenters. The van der Waals surface area contributed by atoms with E-state index in [-0.39, 0.29) is 17.5 Å². The van der Waals surface area contributed by atoms with Crippen LogP contribution < -0.4 is 0 Å². The molecule has 0 radical (unpaired) electrons. The fourth-order valence-electron chi connectivity index (χ4n) is 2.09. The van der Waals surface area contributed by atoms with Crippen LogP contribution in [0.15, 0.2) is 42.5 Å². The molecule has 0 heterocycles. The van der Waals surface area contributed by atoms with E-state index in [4.69, 9.17) is 11.6 Å². The standard InChI is InChI=1S/C15H9ClF6/c16-13-10(5-3-7-12(13)15(20,21)22)8-9-4-1-2-6-11(9)14(17,18)19/h1-7H,8H2. The van der Waals surface area contributed by atoms with E-state index in [1.807, 2.05) is 0 Å². The summed E-state index contributed by atoms with van der Waals surface area (Å²) in [5.41, 5.74) is -2.08. The third-order valence-corrected chi connectivity index (χ3v) is 3.53. The Bertz CT molecular complexity index is 672. The lowest BCUT2D eigenvalue weighted by Gasteiger charge is -2.15. The van der Waals surface area contributed by atoms with Gasteiger partial charge in [0.05, 0.1) is 16.1 Å². The Labute approximate surface area is 127 Å². The molecule has 0 fully saturated rings. The number of halogens is 7. The summed E-state index contributed by atoms with van der Waals surface area (Å²) in [6, 6.07) is 7.93. The smallest absolute Gasteiger partial charge is 0.166 e. The lowest BCUT2D eigenvalue weighted by molar-refractivity contribution is -0.138. The van der Waals surface area contributed by atoms with Gasteiger partial charge in [-0.1, -0.05) is 41.9 Å². The van der Waals surface area contributed by atoms with Gasteiger partial charge in [0.25, 0.3) is 0 Å². The maximum Gasteiger partial charge on any atom is 0.417 e. The molecule has 0 nitrogen and oxygen atoms in total. The summed E-state index contributed by atoms with van der Waals surface area (Å²) in [4.78, 5) is 0. The Morgan fingerprint density at radius 2 is 1.18 bits per heavy atom. The van der Waals surface area contributed by atoms with Gasteiger partial charge in [0.2, 0.25) is 0 Å². The average molecular weight is 339 g/mol. The van der Waals surface area contributed by atoms with E-state index < -0.39 is 28.5 Å². The van der Waals surface area contributed by atoms with Crippen LogP contribution in [0.25, 0.3) is 0 Å². The highest BCUT2D eigenvalue weighted by atomic mass is 35.5. The van der Waals surface area contributed by atoms with Gasteiger partial charge in [-0.3, -0.25) is 0 Å². The lowest BCUT2D eigenvalue weighted by Crippen LogP contribution is -2.10. The van der Waals surface area contributed by atoms with Crippen LogP contribution in [0.1, 0.15) is 22.3 Å². The Hall–Kier alpha value is -1.69. The second-order valence-electron chi connectivity index (χ2n) is 4.61. The zero-order valence-electron chi connectivity index (χ0n) is 10.9. The first-order valence-electron chi connectivity index (χ1n) is 6.10. The Morgan fingerprint density at radius 1 is 0.682 bits per heavy atom. The van der Waals surface area contributed by atoms with Crippen LogP contribution in [0, 0.1) is 0 Å². The quantitative estimate of drug-likeness (QED) is 0.592. The molecule has 0 aliphatic rings. The van der Waals surface area contributed by atoms with Crippen molar-refractivity contribution in [2.24, 2.45) is 0 Å². The second kappa shape index (κ2) is 5.83. The largest absolute Gasteiger partial charge is 0.417 e. The molecule has 22 heavy (non-hydrogen) atoms. The van der Waals surface area contributed by atoms with Gasteiger partial charge in [0.1, 0.15) is 0 Å². The summed E-state index contributed by atoms with van der Waals surface area (Å²) in [5.74, 6) is 0. The van der Waals surface area contributed by atoms with Gasteiger partial charge in [-0.15, -0.1) is 0 Å². The van der Waals surface area contributed by atoms with Crippen LogP contribution in [0.5, 0.6) is 0 Å². The van der Waals surface area contributed by atoms with Crippen LogP contribution in [0.3, 0.4) is 0 Å². The summed E-state index contributed by atoms with van der Waals surface area (Å²) in [6.07, 6.45) is -9.57. The van der Waals surface area contributed by atoms with Crippen LogP contribution in [0.4, 0.5) is 26.3 Å². The average Bonchev–Trinajstić information content (AvgIpc) is 2.39. The van der Waals surface area contributed by atoms with E-state index in [2.05, 4.69) is 0 Å². The number of benzene rings is 2. The molecule has 2 aromatic rings. The molecule has 0 saturated carbocycles. The predicted molar refractivity (Wildman–Crippen MR) is 70.7 cm³/mol. The summed E-state index contributed by atoms with van der Waals surface area (Å²) in [6.45, 7) is 0.